The minimum Gasteiger partial charge on any atom is -0.492 e. The van der Waals surface area contributed by atoms with Gasteiger partial charge in [-0.05, 0) is 47.6 Å². The molecule has 0 aliphatic rings. The van der Waals surface area contributed by atoms with Crippen LogP contribution in [0.15, 0.2) is 48.5 Å². The molecular weight excluding hydrogens is 310 g/mol. The van der Waals surface area contributed by atoms with Crippen molar-refractivity contribution >= 4 is 5.91 Å². The van der Waals surface area contributed by atoms with Gasteiger partial charge in [0.15, 0.2) is 0 Å². The minimum absolute atomic E-state index is 0.0627. The smallest absolute Gasteiger partial charge is 0.220 e. The third kappa shape index (κ3) is 6.61. The van der Waals surface area contributed by atoms with Crippen LogP contribution in [0.5, 0.6) is 5.75 Å². The summed E-state index contributed by atoms with van der Waals surface area (Å²) in [5.41, 5.74) is 3.83. The molecule has 2 aromatic carbocycles. The molecule has 3 nitrogen and oxygen atoms in total. The predicted molar refractivity (Wildman–Crippen MR) is 103 cm³/mol. The Bertz CT molecular complexity index is 684. The van der Waals surface area contributed by atoms with Gasteiger partial charge < -0.3 is 10.1 Å². The Labute approximate surface area is 151 Å². The number of amides is 1. The second-order valence-corrected chi connectivity index (χ2v) is 7.46. The molecule has 0 saturated heterocycles. The normalized spacial score (nSPS) is 11.2. The van der Waals surface area contributed by atoms with E-state index < -0.39 is 0 Å². The number of nitrogens with one attached hydrogen (secondary N) is 1. The van der Waals surface area contributed by atoms with Gasteiger partial charge in [-0.1, -0.05) is 57.2 Å². The fourth-order valence-electron chi connectivity index (χ4n) is 2.58. The van der Waals surface area contributed by atoms with E-state index >= 15 is 0 Å². The monoisotopic (exact) mass is 339 g/mol. The lowest BCUT2D eigenvalue weighted by Crippen LogP contribution is -2.28. The average molecular weight is 339 g/mol. The topological polar surface area (TPSA) is 38.3 Å². The quantitative estimate of drug-likeness (QED) is 0.758. The van der Waals surface area contributed by atoms with E-state index in [4.69, 9.17) is 4.74 Å². The molecule has 0 fully saturated rings. The molecule has 0 radical (unpaired) electrons. The fraction of sp³-hybridized carbons (Fsp3) is 0.409. The molecule has 0 aliphatic carbocycles. The van der Waals surface area contributed by atoms with Crippen molar-refractivity contribution < 1.29 is 9.53 Å². The molecule has 25 heavy (non-hydrogen) atoms. The first-order valence-electron chi connectivity index (χ1n) is 8.90. The van der Waals surface area contributed by atoms with Crippen LogP contribution in [0.2, 0.25) is 0 Å². The summed E-state index contributed by atoms with van der Waals surface area (Å²) in [5.74, 6) is 0.904. The van der Waals surface area contributed by atoms with Gasteiger partial charge in [-0.25, -0.2) is 0 Å². The second-order valence-electron chi connectivity index (χ2n) is 7.46. The summed E-state index contributed by atoms with van der Waals surface area (Å²) in [6.07, 6.45) is 1.26. The molecule has 2 rings (SSSR count). The van der Waals surface area contributed by atoms with Crippen molar-refractivity contribution in [2.45, 2.75) is 46.0 Å². The van der Waals surface area contributed by atoms with Crippen LogP contribution in [-0.4, -0.2) is 19.1 Å². The number of benzene rings is 2. The van der Waals surface area contributed by atoms with E-state index in [1.807, 2.05) is 31.2 Å². The van der Waals surface area contributed by atoms with Gasteiger partial charge in [0.2, 0.25) is 5.91 Å². The maximum atomic E-state index is 11.9. The Hall–Kier alpha value is -2.29. The van der Waals surface area contributed by atoms with E-state index in [9.17, 15) is 4.79 Å². The Morgan fingerprint density at radius 1 is 1.08 bits per heavy atom. The van der Waals surface area contributed by atoms with Crippen molar-refractivity contribution in [2.24, 2.45) is 0 Å². The Morgan fingerprint density at radius 3 is 2.44 bits per heavy atom. The molecule has 0 heterocycles. The molecule has 134 valence electrons. The lowest BCUT2D eigenvalue weighted by Gasteiger charge is -2.19. The van der Waals surface area contributed by atoms with Crippen LogP contribution in [0.1, 0.15) is 43.9 Å². The zero-order chi connectivity index (χ0) is 18.3. The summed E-state index contributed by atoms with van der Waals surface area (Å²) < 4.78 is 5.63. The molecule has 1 N–H and O–H groups in total. The highest BCUT2D eigenvalue weighted by atomic mass is 16.5. The van der Waals surface area contributed by atoms with Crippen LogP contribution < -0.4 is 10.1 Å². The summed E-state index contributed by atoms with van der Waals surface area (Å²) in [4.78, 5) is 11.9. The summed E-state index contributed by atoms with van der Waals surface area (Å²) in [6.45, 7) is 9.64. The van der Waals surface area contributed by atoms with Gasteiger partial charge in [0.25, 0.3) is 0 Å². The van der Waals surface area contributed by atoms with Gasteiger partial charge in [-0.15, -0.1) is 0 Å². The van der Waals surface area contributed by atoms with Crippen LogP contribution in [0.25, 0.3) is 0 Å². The number of aryl methyl sites for hydroxylation is 2. The molecule has 0 bridgehead atoms. The van der Waals surface area contributed by atoms with E-state index in [1.165, 1.54) is 16.7 Å². The summed E-state index contributed by atoms with van der Waals surface area (Å²) >= 11 is 0. The lowest BCUT2D eigenvalue weighted by molar-refractivity contribution is -0.121. The van der Waals surface area contributed by atoms with Crippen molar-refractivity contribution in [3.05, 3.63) is 65.2 Å². The maximum Gasteiger partial charge on any atom is 0.220 e. The van der Waals surface area contributed by atoms with E-state index in [0.29, 0.717) is 19.6 Å². The van der Waals surface area contributed by atoms with Crippen molar-refractivity contribution in [1.82, 2.24) is 5.32 Å². The second kappa shape index (κ2) is 8.70. The van der Waals surface area contributed by atoms with Crippen molar-refractivity contribution in [3.63, 3.8) is 0 Å². The molecule has 2 aromatic rings. The van der Waals surface area contributed by atoms with Gasteiger partial charge in [0.1, 0.15) is 12.4 Å². The highest BCUT2D eigenvalue weighted by molar-refractivity contribution is 5.76. The SMILES string of the molecule is Cc1cccc(OCCNC(=O)CCc2ccc(C(C)(C)C)cc2)c1. The number of carbonyl (C=O) groups excluding carboxylic acids is 1. The number of carbonyl (C=O) groups is 1. The molecule has 0 unspecified atom stereocenters. The molecule has 1 amide bonds. The van der Waals surface area contributed by atoms with Crippen molar-refractivity contribution in [3.8, 4) is 5.75 Å². The average Bonchev–Trinajstić information content (AvgIpc) is 2.56. The molecule has 0 atom stereocenters. The van der Waals surface area contributed by atoms with E-state index in [1.54, 1.807) is 0 Å². The third-order valence-electron chi connectivity index (χ3n) is 4.14. The lowest BCUT2D eigenvalue weighted by atomic mass is 9.86. The Morgan fingerprint density at radius 2 is 1.80 bits per heavy atom. The molecule has 0 saturated carbocycles. The van der Waals surface area contributed by atoms with Gasteiger partial charge in [0, 0.05) is 6.42 Å². The highest BCUT2D eigenvalue weighted by Gasteiger charge is 2.12. The largest absolute Gasteiger partial charge is 0.492 e. The molecule has 0 aromatic heterocycles. The van der Waals surface area contributed by atoms with Gasteiger partial charge in [-0.3, -0.25) is 4.79 Å². The third-order valence-corrected chi connectivity index (χ3v) is 4.14. The fourth-order valence-corrected chi connectivity index (χ4v) is 2.58. The number of rotatable bonds is 7. The van der Waals surface area contributed by atoms with Crippen molar-refractivity contribution in [2.75, 3.05) is 13.2 Å². The molecule has 0 aliphatic heterocycles. The van der Waals surface area contributed by atoms with E-state index in [0.717, 1.165) is 12.2 Å². The molecular formula is C22H29NO2. The van der Waals surface area contributed by atoms with Crippen LogP contribution in [0.3, 0.4) is 0 Å². The zero-order valence-electron chi connectivity index (χ0n) is 15.8. The number of hydrogen-bond donors (Lipinski definition) is 1. The van der Waals surface area contributed by atoms with E-state index in [-0.39, 0.29) is 11.3 Å². The summed E-state index contributed by atoms with van der Waals surface area (Å²) in [7, 11) is 0. The number of hydrogen-bond acceptors (Lipinski definition) is 2. The summed E-state index contributed by atoms with van der Waals surface area (Å²) in [5, 5.41) is 2.91. The van der Waals surface area contributed by atoms with E-state index in [2.05, 4.69) is 50.4 Å². The minimum atomic E-state index is 0.0627. The Balaban J connectivity index is 1.67. The van der Waals surface area contributed by atoms with Gasteiger partial charge >= 0.3 is 0 Å². The molecule has 0 spiro atoms. The standard InChI is InChI=1S/C22H29NO2/c1-17-6-5-7-20(16-17)25-15-14-23-21(24)13-10-18-8-11-19(12-9-18)22(2,3)4/h5-9,11-12,16H,10,13-15H2,1-4H3,(H,23,24). The first-order valence-corrected chi connectivity index (χ1v) is 8.90. The van der Waals surface area contributed by atoms with Crippen LogP contribution in [0.4, 0.5) is 0 Å². The zero-order valence-corrected chi connectivity index (χ0v) is 15.8. The van der Waals surface area contributed by atoms with Gasteiger partial charge in [0.05, 0.1) is 6.54 Å². The molecule has 3 heteroatoms. The first kappa shape index (κ1) is 19.0. The predicted octanol–water partition coefficient (Wildman–Crippen LogP) is 4.42. The van der Waals surface area contributed by atoms with Crippen LogP contribution >= 0.6 is 0 Å². The van der Waals surface area contributed by atoms with Crippen LogP contribution in [0, 0.1) is 6.92 Å². The Kier molecular flexibility index (Phi) is 6.63. The maximum absolute atomic E-state index is 11.9. The summed E-state index contributed by atoms with van der Waals surface area (Å²) in [6, 6.07) is 16.5. The van der Waals surface area contributed by atoms with Gasteiger partial charge in [-0.2, -0.15) is 0 Å². The highest BCUT2D eigenvalue weighted by Crippen LogP contribution is 2.22. The number of ether oxygens (including phenoxy) is 1. The van der Waals surface area contributed by atoms with Crippen LogP contribution in [-0.2, 0) is 16.6 Å². The first-order chi connectivity index (χ1) is 11.8. The van der Waals surface area contributed by atoms with Crippen molar-refractivity contribution in [1.29, 1.82) is 0 Å².